The Morgan fingerprint density at radius 2 is 2.10 bits per heavy atom. The Bertz CT molecular complexity index is 461. The number of para-hydroxylation sites is 1. The van der Waals surface area contributed by atoms with Crippen molar-refractivity contribution in [3.63, 3.8) is 0 Å². The number of amides is 1. The number of carbonyl (C=O) groups is 1. The van der Waals surface area contributed by atoms with Crippen LogP contribution < -0.4 is 10.6 Å². The van der Waals surface area contributed by atoms with Crippen LogP contribution in [0, 0.1) is 19.8 Å². The fourth-order valence-corrected chi connectivity index (χ4v) is 3.02. The Hall–Kier alpha value is -1.39. The van der Waals surface area contributed by atoms with Gasteiger partial charge in [0, 0.05) is 12.2 Å². The molecule has 0 aliphatic carbocycles. The van der Waals surface area contributed by atoms with E-state index in [9.17, 15) is 4.79 Å². The van der Waals surface area contributed by atoms with Crippen molar-refractivity contribution < 1.29 is 4.79 Å². The van der Waals surface area contributed by atoms with Gasteiger partial charge in [0.25, 0.3) is 0 Å². The molecule has 1 aliphatic rings. The summed E-state index contributed by atoms with van der Waals surface area (Å²) in [7, 11) is 2.03. The van der Waals surface area contributed by atoms with Gasteiger partial charge >= 0.3 is 0 Å². The molecule has 116 valence electrons. The molecule has 1 fully saturated rings. The van der Waals surface area contributed by atoms with E-state index < -0.39 is 0 Å². The normalized spacial score (nSPS) is 18.8. The summed E-state index contributed by atoms with van der Waals surface area (Å²) in [4.78, 5) is 14.3. The number of hydrogen-bond donors (Lipinski definition) is 2. The molecular weight excluding hydrogens is 262 g/mol. The van der Waals surface area contributed by atoms with E-state index in [1.54, 1.807) is 0 Å². The standard InChI is InChI=1S/C17H27N3O/c1-13-6-4-7-14(2)17(13)19-16(21)12-20(3)11-15-8-5-9-18-10-15/h4,6-7,15,18H,5,8-12H2,1-3H3,(H,19,21). The van der Waals surface area contributed by atoms with Crippen LogP contribution in [0.4, 0.5) is 5.69 Å². The van der Waals surface area contributed by atoms with E-state index in [1.807, 2.05) is 39.1 Å². The minimum atomic E-state index is 0.0682. The third-order valence-corrected chi connectivity index (χ3v) is 4.13. The van der Waals surface area contributed by atoms with Gasteiger partial charge in [-0.1, -0.05) is 18.2 Å². The second-order valence-electron chi connectivity index (χ2n) is 6.22. The molecule has 1 aromatic rings. The quantitative estimate of drug-likeness (QED) is 0.873. The molecule has 2 rings (SSSR count). The maximum atomic E-state index is 12.2. The van der Waals surface area contributed by atoms with Crippen LogP contribution >= 0.6 is 0 Å². The predicted molar refractivity (Wildman–Crippen MR) is 87.6 cm³/mol. The second kappa shape index (κ2) is 7.57. The summed E-state index contributed by atoms with van der Waals surface area (Å²) in [5, 5.41) is 6.47. The first-order valence-electron chi connectivity index (χ1n) is 7.81. The van der Waals surface area contributed by atoms with Gasteiger partial charge in [-0.05, 0) is 63.9 Å². The van der Waals surface area contributed by atoms with Crippen LogP contribution in [0.25, 0.3) is 0 Å². The molecule has 0 saturated carbocycles. The highest BCUT2D eigenvalue weighted by Crippen LogP contribution is 2.19. The molecule has 0 bridgehead atoms. The molecule has 0 radical (unpaired) electrons. The van der Waals surface area contributed by atoms with Crippen LogP contribution in [0.1, 0.15) is 24.0 Å². The minimum Gasteiger partial charge on any atom is -0.324 e. The molecule has 1 unspecified atom stereocenters. The summed E-state index contributed by atoms with van der Waals surface area (Å²) in [6.45, 7) is 7.69. The average Bonchev–Trinajstić information content (AvgIpc) is 2.44. The zero-order valence-electron chi connectivity index (χ0n) is 13.4. The van der Waals surface area contributed by atoms with Crippen LogP contribution in [0.5, 0.6) is 0 Å². The van der Waals surface area contributed by atoms with Crippen molar-refractivity contribution in [1.29, 1.82) is 0 Å². The smallest absolute Gasteiger partial charge is 0.238 e. The lowest BCUT2D eigenvalue weighted by molar-refractivity contribution is -0.117. The first-order chi connectivity index (χ1) is 10.1. The lowest BCUT2D eigenvalue weighted by Gasteiger charge is -2.27. The Morgan fingerprint density at radius 1 is 1.38 bits per heavy atom. The van der Waals surface area contributed by atoms with Crippen LogP contribution in [-0.2, 0) is 4.79 Å². The molecule has 1 saturated heterocycles. The number of nitrogens with one attached hydrogen (secondary N) is 2. The summed E-state index contributed by atoms with van der Waals surface area (Å²) >= 11 is 0. The van der Waals surface area contributed by atoms with E-state index in [-0.39, 0.29) is 5.91 Å². The number of carbonyl (C=O) groups excluding carboxylic acids is 1. The Balaban J connectivity index is 1.83. The topological polar surface area (TPSA) is 44.4 Å². The zero-order chi connectivity index (χ0) is 15.2. The van der Waals surface area contributed by atoms with Gasteiger partial charge in [0.05, 0.1) is 6.54 Å². The highest BCUT2D eigenvalue weighted by molar-refractivity contribution is 5.93. The molecule has 0 spiro atoms. The van der Waals surface area contributed by atoms with Gasteiger partial charge in [-0.25, -0.2) is 0 Å². The lowest BCUT2D eigenvalue weighted by Crippen LogP contribution is -2.39. The number of piperidine rings is 1. The number of likely N-dealkylation sites (N-methyl/N-ethyl adjacent to an activating group) is 1. The Kier molecular flexibility index (Phi) is 5.76. The summed E-state index contributed by atoms with van der Waals surface area (Å²) < 4.78 is 0. The maximum absolute atomic E-state index is 12.2. The van der Waals surface area contributed by atoms with E-state index in [4.69, 9.17) is 0 Å². The number of aryl methyl sites for hydroxylation is 2. The van der Waals surface area contributed by atoms with E-state index in [0.717, 1.165) is 36.4 Å². The number of nitrogens with zero attached hydrogens (tertiary/aromatic N) is 1. The first kappa shape index (κ1) is 16.0. The molecule has 1 heterocycles. The fourth-order valence-electron chi connectivity index (χ4n) is 3.02. The van der Waals surface area contributed by atoms with Crippen LogP contribution in [-0.4, -0.2) is 44.0 Å². The van der Waals surface area contributed by atoms with Crippen LogP contribution in [0.3, 0.4) is 0 Å². The van der Waals surface area contributed by atoms with Gasteiger partial charge in [-0.15, -0.1) is 0 Å². The van der Waals surface area contributed by atoms with E-state index in [2.05, 4.69) is 15.5 Å². The largest absolute Gasteiger partial charge is 0.324 e. The average molecular weight is 289 g/mol. The minimum absolute atomic E-state index is 0.0682. The fraction of sp³-hybridized carbons (Fsp3) is 0.588. The zero-order valence-corrected chi connectivity index (χ0v) is 13.4. The molecule has 21 heavy (non-hydrogen) atoms. The molecule has 4 nitrogen and oxygen atoms in total. The molecule has 1 aliphatic heterocycles. The SMILES string of the molecule is Cc1cccc(C)c1NC(=O)CN(C)CC1CCCNC1. The summed E-state index contributed by atoms with van der Waals surface area (Å²) in [6, 6.07) is 6.07. The maximum Gasteiger partial charge on any atom is 0.238 e. The number of hydrogen-bond acceptors (Lipinski definition) is 3. The third-order valence-electron chi connectivity index (χ3n) is 4.13. The van der Waals surface area contributed by atoms with Crippen molar-refractivity contribution in [2.45, 2.75) is 26.7 Å². The molecule has 1 amide bonds. The highest BCUT2D eigenvalue weighted by atomic mass is 16.2. The van der Waals surface area contributed by atoms with E-state index in [1.165, 1.54) is 12.8 Å². The van der Waals surface area contributed by atoms with Crippen molar-refractivity contribution >= 4 is 11.6 Å². The first-order valence-corrected chi connectivity index (χ1v) is 7.81. The molecule has 0 aromatic heterocycles. The van der Waals surface area contributed by atoms with Crippen molar-refractivity contribution in [2.24, 2.45) is 5.92 Å². The number of benzene rings is 1. The summed E-state index contributed by atoms with van der Waals surface area (Å²) in [6.07, 6.45) is 2.50. The second-order valence-corrected chi connectivity index (χ2v) is 6.22. The van der Waals surface area contributed by atoms with Crippen LogP contribution in [0.2, 0.25) is 0 Å². The molecule has 1 aromatic carbocycles. The Morgan fingerprint density at radius 3 is 2.71 bits per heavy atom. The van der Waals surface area contributed by atoms with Crippen molar-refractivity contribution in [3.8, 4) is 0 Å². The van der Waals surface area contributed by atoms with Gasteiger partial charge in [0.2, 0.25) is 5.91 Å². The molecule has 2 N–H and O–H groups in total. The van der Waals surface area contributed by atoms with Gasteiger partial charge in [0.15, 0.2) is 0 Å². The lowest BCUT2D eigenvalue weighted by atomic mass is 9.99. The van der Waals surface area contributed by atoms with Crippen molar-refractivity contribution in [2.75, 3.05) is 38.5 Å². The van der Waals surface area contributed by atoms with Crippen LogP contribution in [0.15, 0.2) is 18.2 Å². The Labute approximate surface area is 127 Å². The van der Waals surface area contributed by atoms with Gasteiger partial charge in [-0.3, -0.25) is 9.69 Å². The van der Waals surface area contributed by atoms with E-state index in [0.29, 0.717) is 12.5 Å². The number of anilines is 1. The van der Waals surface area contributed by atoms with E-state index >= 15 is 0 Å². The van der Waals surface area contributed by atoms with Gasteiger partial charge in [-0.2, -0.15) is 0 Å². The van der Waals surface area contributed by atoms with Gasteiger partial charge in [0.1, 0.15) is 0 Å². The molecule has 1 atom stereocenters. The molecule has 4 heteroatoms. The third kappa shape index (κ3) is 4.83. The van der Waals surface area contributed by atoms with Gasteiger partial charge < -0.3 is 10.6 Å². The molecular formula is C17H27N3O. The van der Waals surface area contributed by atoms with Crippen molar-refractivity contribution in [3.05, 3.63) is 29.3 Å². The highest BCUT2D eigenvalue weighted by Gasteiger charge is 2.17. The number of rotatable bonds is 5. The monoisotopic (exact) mass is 289 g/mol. The summed E-state index contributed by atoms with van der Waals surface area (Å²) in [5.41, 5.74) is 3.18. The predicted octanol–water partition coefficient (Wildman–Crippen LogP) is 2.17. The summed E-state index contributed by atoms with van der Waals surface area (Å²) in [5.74, 6) is 0.732. The van der Waals surface area contributed by atoms with Crippen molar-refractivity contribution in [1.82, 2.24) is 10.2 Å².